The predicted octanol–water partition coefficient (Wildman–Crippen LogP) is 0.538. The number of hydrogen-bond donors (Lipinski definition) is 2. The lowest BCUT2D eigenvalue weighted by atomic mass is 9.98. The van der Waals surface area contributed by atoms with E-state index in [-0.39, 0.29) is 6.61 Å². The van der Waals surface area contributed by atoms with Gasteiger partial charge in [-0.25, -0.2) is 9.18 Å². The fourth-order valence-corrected chi connectivity index (χ4v) is 2.68. The number of aliphatic hydroxyl groups is 1. The highest BCUT2D eigenvalue weighted by atomic mass is 127. The standard InChI is InChI=1S/C10H12FIN2O5S/c1-10(11)7(16)5(4-18-20-12)19-8(10)14-3-2-6(15)13-9(14)17/h2-3,5,7-8,16H,4H2,1H3,(H,13,15,17). The van der Waals surface area contributed by atoms with E-state index in [0.717, 1.165) is 33.0 Å². The molecule has 4 atom stereocenters. The molecule has 1 aromatic heterocycles. The summed E-state index contributed by atoms with van der Waals surface area (Å²) in [6.45, 7) is 1.11. The summed E-state index contributed by atoms with van der Waals surface area (Å²) < 4.78 is 25.9. The van der Waals surface area contributed by atoms with E-state index < -0.39 is 35.4 Å². The van der Waals surface area contributed by atoms with Gasteiger partial charge in [0.25, 0.3) is 5.56 Å². The minimum absolute atomic E-state index is 0.0249. The van der Waals surface area contributed by atoms with E-state index in [1.807, 2.05) is 26.2 Å². The van der Waals surface area contributed by atoms with Crippen LogP contribution in [-0.2, 0) is 8.92 Å². The van der Waals surface area contributed by atoms with Crippen LogP contribution in [0.1, 0.15) is 13.2 Å². The molecule has 1 fully saturated rings. The molecule has 0 bridgehead atoms. The lowest BCUT2D eigenvalue weighted by Crippen LogP contribution is -2.43. The van der Waals surface area contributed by atoms with E-state index >= 15 is 0 Å². The van der Waals surface area contributed by atoms with Crippen LogP contribution in [0, 0.1) is 0 Å². The number of aromatic nitrogens is 2. The number of rotatable bonds is 4. The maximum absolute atomic E-state index is 14.6. The Hall–Kier alpha value is -0.430. The second-order valence-corrected chi connectivity index (χ2v) is 5.93. The molecule has 7 nitrogen and oxygen atoms in total. The number of hydrogen-bond acceptors (Lipinski definition) is 6. The van der Waals surface area contributed by atoms with Crippen molar-refractivity contribution in [2.45, 2.75) is 31.0 Å². The molecular weight excluding hydrogens is 406 g/mol. The van der Waals surface area contributed by atoms with Crippen molar-refractivity contribution in [3.05, 3.63) is 33.1 Å². The number of halogens is 2. The molecule has 1 aliphatic rings. The van der Waals surface area contributed by atoms with Crippen LogP contribution in [0.2, 0.25) is 0 Å². The monoisotopic (exact) mass is 418 g/mol. The Kier molecular flexibility index (Phi) is 4.89. The van der Waals surface area contributed by atoms with E-state index in [1.54, 1.807) is 0 Å². The first-order valence-corrected chi connectivity index (χ1v) is 8.90. The predicted molar refractivity (Wildman–Crippen MR) is 78.3 cm³/mol. The number of H-pyrrole nitrogens is 1. The average molecular weight is 418 g/mol. The number of aliphatic hydroxyl groups excluding tert-OH is 1. The van der Waals surface area contributed by atoms with Crippen molar-refractivity contribution in [3.8, 4) is 0 Å². The number of nitrogens with one attached hydrogen (secondary N) is 1. The first kappa shape index (κ1) is 15.9. The van der Waals surface area contributed by atoms with Gasteiger partial charge in [0, 0.05) is 33.5 Å². The van der Waals surface area contributed by atoms with Gasteiger partial charge in [-0.15, -0.1) is 0 Å². The maximum atomic E-state index is 14.6. The summed E-state index contributed by atoms with van der Waals surface area (Å²) in [4.78, 5) is 24.7. The normalized spacial score (nSPS) is 33.5. The number of nitrogens with zero attached hydrogens (tertiary/aromatic N) is 1. The number of aromatic amines is 1. The van der Waals surface area contributed by atoms with Gasteiger partial charge in [0.1, 0.15) is 12.2 Å². The topological polar surface area (TPSA) is 93.5 Å². The van der Waals surface area contributed by atoms with Crippen LogP contribution in [0.25, 0.3) is 0 Å². The summed E-state index contributed by atoms with van der Waals surface area (Å²) >= 11 is 1.88. The molecule has 1 saturated heterocycles. The smallest absolute Gasteiger partial charge is 0.330 e. The summed E-state index contributed by atoms with van der Waals surface area (Å²) in [7, 11) is 1.03. The van der Waals surface area contributed by atoms with Crippen molar-refractivity contribution in [3.63, 3.8) is 0 Å². The van der Waals surface area contributed by atoms with Gasteiger partial charge in [0.2, 0.25) is 0 Å². The number of alkyl halides is 1. The third-order valence-electron chi connectivity index (χ3n) is 3.10. The molecule has 112 valence electrons. The highest BCUT2D eigenvalue weighted by Crippen LogP contribution is 2.40. The largest absolute Gasteiger partial charge is 0.387 e. The second-order valence-electron chi connectivity index (χ2n) is 4.49. The van der Waals surface area contributed by atoms with Crippen molar-refractivity contribution in [1.82, 2.24) is 9.55 Å². The van der Waals surface area contributed by atoms with Gasteiger partial charge in [0.05, 0.1) is 15.8 Å². The van der Waals surface area contributed by atoms with E-state index in [0.29, 0.717) is 0 Å². The molecule has 0 aliphatic carbocycles. The summed E-state index contributed by atoms with van der Waals surface area (Å²) in [5, 5.41) is 9.94. The molecule has 0 spiro atoms. The third-order valence-corrected chi connectivity index (χ3v) is 4.09. The fraction of sp³-hybridized carbons (Fsp3) is 0.600. The van der Waals surface area contributed by atoms with E-state index in [4.69, 9.17) is 8.92 Å². The Labute approximate surface area is 129 Å². The number of ether oxygens (including phenoxy) is 1. The van der Waals surface area contributed by atoms with Crippen LogP contribution in [0.3, 0.4) is 0 Å². The molecule has 20 heavy (non-hydrogen) atoms. The first-order valence-electron chi connectivity index (χ1n) is 5.62. The third kappa shape index (κ3) is 2.93. The van der Waals surface area contributed by atoms with Gasteiger partial charge in [-0.05, 0) is 6.92 Å². The van der Waals surface area contributed by atoms with Crippen LogP contribution in [0.4, 0.5) is 4.39 Å². The van der Waals surface area contributed by atoms with Crippen molar-refractivity contribution < 1.29 is 18.4 Å². The summed E-state index contributed by atoms with van der Waals surface area (Å²) in [5.41, 5.74) is -3.58. The molecule has 10 heteroatoms. The molecule has 2 heterocycles. The molecule has 0 aromatic carbocycles. The molecule has 4 unspecified atom stereocenters. The molecule has 0 radical (unpaired) electrons. The maximum Gasteiger partial charge on any atom is 0.330 e. The molecule has 0 amide bonds. The Morgan fingerprint density at radius 2 is 2.40 bits per heavy atom. The van der Waals surface area contributed by atoms with Crippen molar-refractivity contribution in [2.24, 2.45) is 0 Å². The van der Waals surface area contributed by atoms with Crippen LogP contribution in [0.15, 0.2) is 21.9 Å². The van der Waals surface area contributed by atoms with E-state index in [2.05, 4.69) is 0 Å². The fourth-order valence-electron chi connectivity index (χ4n) is 2.06. The second kappa shape index (κ2) is 6.13. The SMILES string of the molecule is CC1(F)C(O)C(COSI)OC1n1ccc(=O)[nH]c1=O. The zero-order valence-corrected chi connectivity index (χ0v) is 13.3. The highest BCUT2D eigenvalue weighted by molar-refractivity contribution is 14.2. The molecular formula is C10H12FIN2O5S. The zero-order chi connectivity index (χ0) is 14.9. The van der Waals surface area contributed by atoms with Gasteiger partial charge in [-0.2, -0.15) is 0 Å². The van der Waals surface area contributed by atoms with Gasteiger partial charge in [-0.3, -0.25) is 14.3 Å². The van der Waals surface area contributed by atoms with Crippen molar-refractivity contribution >= 4 is 30.4 Å². The van der Waals surface area contributed by atoms with Crippen LogP contribution in [-0.4, -0.2) is 39.1 Å². The Morgan fingerprint density at radius 3 is 3.00 bits per heavy atom. The van der Waals surface area contributed by atoms with Crippen LogP contribution >= 0.6 is 30.4 Å². The van der Waals surface area contributed by atoms with Gasteiger partial charge in [0.15, 0.2) is 11.9 Å². The van der Waals surface area contributed by atoms with Gasteiger partial charge in [-0.1, -0.05) is 0 Å². The van der Waals surface area contributed by atoms with Gasteiger partial charge < -0.3 is 14.0 Å². The van der Waals surface area contributed by atoms with Crippen LogP contribution < -0.4 is 11.2 Å². The summed E-state index contributed by atoms with van der Waals surface area (Å²) in [6, 6.07) is 1.08. The van der Waals surface area contributed by atoms with E-state index in [1.165, 1.54) is 0 Å². The van der Waals surface area contributed by atoms with Gasteiger partial charge >= 0.3 is 5.69 Å². The summed E-state index contributed by atoms with van der Waals surface area (Å²) in [5.74, 6) is 0. The lowest BCUT2D eigenvalue weighted by molar-refractivity contribution is -0.0570. The molecule has 2 N–H and O–H groups in total. The Morgan fingerprint density at radius 1 is 1.70 bits per heavy atom. The Balaban J connectivity index is 2.32. The zero-order valence-electron chi connectivity index (χ0n) is 10.3. The highest BCUT2D eigenvalue weighted by Gasteiger charge is 2.55. The first-order chi connectivity index (χ1) is 9.37. The van der Waals surface area contributed by atoms with Crippen LogP contribution in [0.5, 0.6) is 0 Å². The minimum atomic E-state index is -2.19. The molecule has 1 aromatic rings. The summed E-state index contributed by atoms with van der Waals surface area (Å²) in [6.07, 6.45) is -2.56. The molecule has 1 aliphatic heterocycles. The Bertz CT molecular complexity index is 592. The average Bonchev–Trinajstić information content (AvgIpc) is 2.60. The molecule has 0 saturated carbocycles. The van der Waals surface area contributed by atoms with E-state index in [9.17, 15) is 19.1 Å². The minimum Gasteiger partial charge on any atom is -0.387 e. The van der Waals surface area contributed by atoms with Crippen molar-refractivity contribution in [1.29, 1.82) is 0 Å². The molecule has 2 rings (SSSR count). The quantitative estimate of drug-likeness (QED) is 0.548. The van der Waals surface area contributed by atoms with Crippen molar-refractivity contribution in [2.75, 3.05) is 6.61 Å². The lowest BCUT2D eigenvalue weighted by Gasteiger charge is -2.24.